The number of hydrogen-bond acceptors (Lipinski definition) is 4. The minimum Gasteiger partial charge on any atom is -0.372 e. The van der Waals surface area contributed by atoms with Gasteiger partial charge in [0.1, 0.15) is 0 Å². The van der Waals surface area contributed by atoms with Crippen molar-refractivity contribution >= 4 is 45.1 Å². The number of hydrazone groups is 1. The number of rotatable bonds is 6. The second-order valence-corrected chi connectivity index (χ2v) is 7.05. The van der Waals surface area contributed by atoms with Crippen LogP contribution in [0.25, 0.3) is 0 Å². The highest BCUT2D eigenvalue weighted by Gasteiger charge is 2.06. The Morgan fingerprint density at radius 1 is 1.23 bits per heavy atom. The minimum absolute atomic E-state index is 0.210. The van der Waals surface area contributed by atoms with E-state index in [1.807, 2.05) is 36.4 Å². The SMILES string of the molecule is CCN(CC)c1ccc(C(=O)N/N=C\c2ccc(Br)s2)cc1. The Labute approximate surface area is 143 Å². The fraction of sp³-hybridized carbons (Fsp3) is 0.250. The zero-order chi connectivity index (χ0) is 15.9. The molecule has 0 radical (unpaired) electrons. The first-order valence-corrected chi connectivity index (χ1v) is 8.68. The van der Waals surface area contributed by atoms with Crippen LogP contribution < -0.4 is 10.3 Å². The summed E-state index contributed by atoms with van der Waals surface area (Å²) in [6, 6.07) is 11.4. The number of anilines is 1. The summed E-state index contributed by atoms with van der Waals surface area (Å²) >= 11 is 4.94. The van der Waals surface area contributed by atoms with Gasteiger partial charge in [-0.2, -0.15) is 5.10 Å². The van der Waals surface area contributed by atoms with Crippen LogP contribution in [0.4, 0.5) is 5.69 Å². The number of thiophene rings is 1. The first-order valence-electron chi connectivity index (χ1n) is 7.07. The van der Waals surface area contributed by atoms with Gasteiger partial charge in [-0.1, -0.05) is 0 Å². The highest BCUT2D eigenvalue weighted by Crippen LogP contribution is 2.20. The molecule has 1 aromatic heterocycles. The van der Waals surface area contributed by atoms with Crippen molar-refractivity contribution in [1.82, 2.24) is 5.43 Å². The molecule has 0 aliphatic carbocycles. The highest BCUT2D eigenvalue weighted by molar-refractivity contribution is 9.11. The van der Waals surface area contributed by atoms with Gasteiger partial charge in [-0.3, -0.25) is 4.79 Å². The van der Waals surface area contributed by atoms with Crippen molar-refractivity contribution in [3.63, 3.8) is 0 Å². The lowest BCUT2D eigenvalue weighted by atomic mass is 10.2. The van der Waals surface area contributed by atoms with Crippen molar-refractivity contribution in [2.75, 3.05) is 18.0 Å². The van der Waals surface area contributed by atoms with Crippen LogP contribution in [0.1, 0.15) is 29.1 Å². The summed E-state index contributed by atoms with van der Waals surface area (Å²) in [4.78, 5) is 15.2. The Balaban J connectivity index is 1.96. The van der Waals surface area contributed by atoms with Gasteiger partial charge in [0.15, 0.2) is 0 Å². The predicted octanol–water partition coefficient (Wildman–Crippen LogP) is 4.12. The highest BCUT2D eigenvalue weighted by atomic mass is 79.9. The molecule has 0 spiro atoms. The molecule has 0 fully saturated rings. The maximum Gasteiger partial charge on any atom is 0.271 e. The number of carbonyl (C=O) groups excluding carboxylic acids is 1. The Bertz CT molecular complexity index is 648. The van der Waals surface area contributed by atoms with Crippen LogP contribution in [0, 0.1) is 0 Å². The van der Waals surface area contributed by atoms with Crippen molar-refractivity contribution in [2.24, 2.45) is 5.10 Å². The van der Waals surface area contributed by atoms with Crippen LogP contribution in [0.15, 0.2) is 45.3 Å². The van der Waals surface area contributed by atoms with Crippen molar-refractivity contribution in [1.29, 1.82) is 0 Å². The Kier molecular flexibility index (Phi) is 6.15. The molecule has 22 heavy (non-hydrogen) atoms. The second kappa shape index (κ2) is 8.10. The third-order valence-electron chi connectivity index (χ3n) is 3.21. The normalized spacial score (nSPS) is 10.9. The van der Waals surface area contributed by atoms with Crippen LogP contribution in [-0.4, -0.2) is 25.2 Å². The topological polar surface area (TPSA) is 44.7 Å². The number of benzene rings is 1. The quantitative estimate of drug-likeness (QED) is 0.605. The molecule has 6 heteroatoms. The number of hydrogen-bond donors (Lipinski definition) is 1. The summed E-state index contributed by atoms with van der Waals surface area (Å²) in [5.41, 5.74) is 4.26. The molecule has 0 aliphatic rings. The van der Waals surface area contributed by atoms with Crippen molar-refractivity contribution < 1.29 is 4.79 Å². The van der Waals surface area contributed by atoms with Crippen molar-refractivity contribution in [3.8, 4) is 0 Å². The van der Waals surface area contributed by atoms with Gasteiger partial charge in [-0.15, -0.1) is 11.3 Å². The van der Waals surface area contributed by atoms with Gasteiger partial charge >= 0.3 is 0 Å². The summed E-state index contributed by atoms with van der Waals surface area (Å²) in [5, 5.41) is 3.98. The van der Waals surface area contributed by atoms with E-state index in [9.17, 15) is 4.79 Å². The van der Waals surface area contributed by atoms with E-state index in [1.165, 1.54) is 0 Å². The van der Waals surface area contributed by atoms with Crippen molar-refractivity contribution in [2.45, 2.75) is 13.8 Å². The van der Waals surface area contributed by atoms with Gasteiger partial charge in [-0.05, 0) is 66.2 Å². The maximum atomic E-state index is 12.0. The van der Waals surface area contributed by atoms with E-state index >= 15 is 0 Å². The lowest BCUT2D eigenvalue weighted by molar-refractivity contribution is 0.0955. The fourth-order valence-corrected chi connectivity index (χ4v) is 3.32. The number of halogens is 1. The number of carbonyl (C=O) groups is 1. The molecule has 1 aromatic carbocycles. The molecule has 0 saturated heterocycles. The van der Waals surface area contributed by atoms with Crippen molar-refractivity contribution in [3.05, 3.63) is 50.6 Å². The molecule has 1 heterocycles. The molecular formula is C16H18BrN3OS. The van der Waals surface area contributed by atoms with Crippen LogP contribution in [0.3, 0.4) is 0 Å². The second-order valence-electron chi connectivity index (χ2n) is 4.56. The van der Waals surface area contributed by atoms with Crippen LogP contribution in [-0.2, 0) is 0 Å². The summed E-state index contributed by atoms with van der Waals surface area (Å²) in [6.45, 7) is 6.12. The van der Waals surface area contributed by atoms with Gasteiger partial charge in [0.25, 0.3) is 5.91 Å². The minimum atomic E-state index is -0.210. The van der Waals surface area contributed by atoms with Crippen LogP contribution in [0.5, 0.6) is 0 Å². The maximum absolute atomic E-state index is 12.0. The van der Waals surface area contributed by atoms with E-state index in [-0.39, 0.29) is 5.91 Å². The van der Waals surface area contributed by atoms with Gasteiger partial charge in [-0.25, -0.2) is 5.43 Å². The molecule has 1 amide bonds. The molecule has 1 N–H and O–H groups in total. The molecule has 2 rings (SSSR count). The Morgan fingerprint density at radius 3 is 2.45 bits per heavy atom. The first kappa shape index (κ1) is 16.7. The molecule has 0 unspecified atom stereocenters. The Morgan fingerprint density at radius 2 is 1.91 bits per heavy atom. The largest absolute Gasteiger partial charge is 0.372 e. The third kappa shape index (κ3) is 4.42. The molecular weight excluding hydrogens is 362 g/mol. The van der Waals surface area contributed by atoms with Crippen LogP contribution >= 0.6 is 27.3 Å². The lowest BCUT2D eigenvalue weighted by Gasteiger charge is -2.20. The zero-order valence-corrected chi connectivity index (χ0v) is 14.9. The van der Waals surface area contributed by atoms with E-state index in [2.05, 4.69) is 45.2 Å². The van der Waals surface area contributed by atoms with Gasteiger partial charge in [0.05, 0.1) is 10.0 Å². The smallest absolute Gasteiger partial charge is 0.271 e. The van der Waals surface area contributed by atoms with E-state index in [1.54, 1.807) is 17.6 Å². The molecule has 4 nitrogen and oxygen atoms in total. The number of nitrogens with one attached hydrogen (secondary N) is 1. The standard InChI is InChI=1S/C16H18BrN3OS/c1-3-20(4-2)13-7-5-12(6-8-13)16(21)19-18-11-14-9-10-15(17)22-14/h5-11H,3-4H2,1-2H3,(H,19,21)/b18-11-. The Hall–Kier alpha value is -1.66. The summed E-state index contributed by atoms with van der Waals surface area (Å²) in [5.74, 6) is -0.210. The van der Waals surface area contributed by atoms with E-state index in [4.69, 9.17) is 0 Å². The molecule has 0 saturated carbocycles. The lowest BCUT2D eigenvalue weighted by Crippen LogP contribution is -2.22. The summed E-state index contributed by atoms with van der Waals surface area (Å²) < 4.78 is 1.03. The number of amides is 1. The van der Waals surface area contributed by atoms with E-state index in [0.29, 0.717) is 5.56 Å². The zero-order valence-electron chi connectivity index (χ0n) is 12.5. The molecule has 0 atom stereocenters. The average molecular weight is 380 g/mol. The first-order chi connectivity index (χ1) is 10.6. The third-order valence-corrected chi connectivity index (χ3v) is 4.77. The van der Waals surface area contributed by atoms with E-state index in [0.717, 1.165) is 27.4 Å². The number of nitrogens with zero attached hydrogens (tertiary/aromatic N) is 2. The summed E-state index contributed by atoms with van der Waals surface area (Å²) in [6.07, 6.45) is 1.64. The molecule has 0 aliphatic heterocycles. The van der Waals surface area contributed by atoms with Gasteiger partial charge in [0, 0.05) is 29.2 Å². The predicted molar refractivity (Wildman–Crippen MR) is 97.1 cm³/mol. The van der Waals surface area contributed by atoms with Gasteiger partial charge in [0.2, 0.25) is 0 Å². The van der Waals surface area contributed by atoms with Gasteiger partial charge < -0.3 is 4.90 Å². The fourth-order valence-electron chi connectivity index (χ4n) is 2.03. The van der Waals surface area contributed by atoms with E-state index < -0.39 is 0 Å². The molecule has 2 aromatic rings. The summed E-state index contributed by atoms with van der Waals surface area (Å²) in [7, 11) is 0. The molecule has 116 valence electrons. The average Bonchev–Trinajstić information content (AvgIpc) is 2.94. The monoisotopic (exact) mass is 379 g/mol. The molecule has 0 bridgehead atoms. The van der Waals surface area contributed by atoms with Crippen LogP contribution in [0.2, 0.25) is 0 Å².